The van der Waals surface area contributed by atoms with E-state index in [0.717, 1.165) is 5.69 Å². The van der Waals surface area contributed by atoms with E-state index in [-0.39, 0.29) is 29.7 Å². The third-order valence-corrected chi connectivity index (χ3v) is 8.26. The van der Waals surface area contributed by atoms with Gasteiger partial charge in [-0.3, -0.25) is 19.3 Å². The van der Waals surface area contributed by atoms with E-state index in [1.165, 1.54) is 4.90 Å². The molecule has 0 aromatic heterocycles. The zero-order valence-electron chi connectivity index (χ0n) is 22.1. The summed E-state index contributed by atoms with van der Waals surface area (Å²) in [6, 6.07) is 9.79. The average molecular weight is 534 g/mol. The number of rotatable bonds is 4. The number of hydrogen-bond acceptors (Lipinski definition) is 9. The largest absolute Gasteiger partial charge is 0.508 e. The standard InChI is InChI=1S/C29H31N3O7/c1-31(2)18-12-15(13-8-6-5-7-9-13)23(33)20-16(18)10-14-11-17-22(32(3)4)25(35)21(28(30)38)27(37)29(17,39)26(36)19(14)24(20)34/h5-9,12,14,17,22,33-34,37,39H,10-11H2,1-4H3,(H2,30,38)/t14-,17-,22+,29-/m0/s1. The van der Waals surface area contributed by atoms with Crippen molar-refractivity contribution >= 4 is 28.9 Å². The number of benzene rings is 2. The number of nitrogens with zero attached hydrogens (tertiary/aromatic N) is 2. The van der Waals surface area contributed by atoms with Crippen LogP contribution in [0.5, 0.6) is 5.75 Å². The normalized spacial score (nSPS) is 26.4. The van der Waals surface area contributed by atoms with Crippen molar-refractivity contribution in [1.82, 2.24) is 4.90 Å². The van der Waals surface area contributed by atoms with Crippen molar-refractivity contribution in [3.63, 3.8) is 0 Å². The highest BCUT2D eigenvalue weighted by Crippen LogP contribution is 2.54. The molecular formula is C29H31N3O7. The molecule has 0 heterocycles. The summed E-state index contributed by atoms with van der Waals surface area (Å²) in [7, 11) is 6.80. The van der Waals surface area contributed by atoms with Crippen LogP contribution in [0.25, 0.3) is 16.9 Å². The topological polar surface area (TPSA) is 165 Å². The fraction of sp³-hybridized carbons (Fsp3) is 0.345. The van der Waals surface area contributed by atoms with Crippen LogP contribution in [0.3, 0.4) is 0 Å². The van der Waals surface area contributed by atoms with E-state index in [1.54, 1.807) is 14.1 Å². The second-order valence-corrected chi connectivity index (χ2v) is 10.9. The molecule has 204 valence electrons. The number of carbonyl (C=O) groups is 3. The number of aromatic hydroxyl groups is 1. The number of amides is 1. The maximum Gasteiger partial charge on any atom is 0.255 e. The Morgan fingerprint density at radius 1 is 1.05 bits per heavy atom. The molecule has 1 fully saturated rings. The molecule has 0 radical (unpaired) electrons. The zero-order chi connectivity index (χ0) is 28.5. The Kier molecular flexibility index (Phi) is 6.08. The van der Waals surface area contributed by atoms with Crippen LogP contribution in [0.2, 0.25) is 0 Å². The monoisotopic (exact) mass is 533 g/mol. The summed E-state index contributed by atoms with van der Waals surface area (Å²) in [5.41, 5.74) is 4.25. The predicted octanol–water partition coefficient (Wildman–Crippen LogP) is 1.70. The molecule has 6 N–H and O–H groups in total. The summed E-state index contributed by atoms with van der Waals surface area (Å²) < 4.78 is 0. The fourth-order valence-electron chi connectivity index (χ4n) is 6.53. The number of aliphatic hydroxyl groups is 3. The van der Waals surface area contributed by atoms with Gasteiger partial charge < -0.3 is 31.1 Å². The van der Waals surface area contributed by atoms with Gasteiger partial charge in [-0.15, -0.1) is 0 Å². The Bertz CT molecular complexity index is 1490. The Morgan fingerprint density at radius 3 is 2.26 bits per heavy atom. The quantitative estimate of drug-likeness (QED) is 0.368. The molecule has 0 unspecified atom stereocenters. The van der Waals surface area contributed by atoms with Crippen LogP contribution in [0.4, 0.5) is 5.69 Å². The number of hydrogen-bond donors (Lipinski definition) is 5. The molecule has 2 aromatic rings. The summed E-state index contributed by atoms with van der Waals surface area (Å²) >= 11 is 0. The first kappa shape index (κ1) is 26.5. The Balaban J connectivity index is 1.78. The molecule has 39 heavy (non-hydrogen) atoms. The number of carbonyl (C=O) groups excluding carboxylic acids is 3. The van der Waals surface area contributed by atoms with E-state index in [9.17, 15) is 34.8 Å². The summed E-state index contributed by atoms with van der Waals surface area (Å²) in [5.74, 6) is -6.66. The van der Waals surface area contributed by atoms with Gasteiger partial charge in [0.25, 0.3) is 5.91 Å². The highest BCUT2D eigenvalue weighted by Gasteiger charge is 2.64. The number of likely N-dealkylation sites (N-methyl/N-ethyl adjacent to an activating group) is 1. The van der Waals surface area contributed by atoms with Gasteiger partial charge in [0.15, 0.2) is 11.4 Å². The second-order valence-electron chi connectivity index (χ2n) is 10.9. The highest BCUT2D eigenvalue weighted by atomic mass is 16.3. The maximum atomic E-state index is 14.0. The van der Waals surface area contributed by atoms with Gasteiger partial charge in [0, 0.05) is 36.8 Å². The highest BCUT2D eigenvalue weighted by molar-refractivity contribution is 6.24. The number of phenols is 1. The van der Waals surface area contributed by atoms with E-state index < -0.39 is 58.0 Å². The second kappa shape index (κ2) is 8.96. The molecule has 10 heteroatoms. The van der Waals surface area contributed by atoms with Crippen LogP contribution >= 0.6 is 0 Å². The molecule has 0 aliphatic heterocycles. The summed E-state index contributed by atoms with van der Waals surface area (Å²) in [5, 5.41) is 45.7. The third-order valence-electron chi connectivity index (χ3n) is 8.26. The minimum Gasteiger partial charge on any atom is -0.508 e. The number of fused-ring (bicyclic) bond motifs is 3. The summed E-state index contributed by atoms with van der Waals surface area (Å²) in [4.78, 5) is 42.7. The molecule has 10 nitrogen and oxygen atoms in total. The maximum absolute atomic E-state index is 14.0. The van der Waals surface area contributed by atoms with Gasteiger partial charge in [-0.2, -0.15) is 0 Å². The summed E-state index contributed by atoms with van der Waals surface area (Å²) in [6.45, 7) is 0. The molecule has 3 aliphatic rings. The number of aliphatic hydroxyl groups excluding tert-OH is 2. The van der Waals surface area contributed by atoms with Gasteiger partial charge >= 0.3 is 0 Å². The van der Waals surface area contributed by atoms with Crippen molar-refractivity contribution < 1.29 is 34.8 Å². The Labute approximate surface area is 225 Å². The van der Waals surface area contributed by atoms with E-state index in [2.05, 4.69) is 0 Å². The van der Waals surface area contributed by atoms with E-state index in [0.29, 0.717) is 16.7 Å². The van der Waals surface area contributed by atoms with Crippen LogP contribution < -0.4 is 10.6 Å². The molecule has 4 atom stereocenters. The average Bonchev–Trinajstić information content (AvgIpc) is 2.86. The molecule has 0 bridgehead atoms. The molecule has 3 aliphatic carbocycles. The van der Waals surface area contributed by atoms with Gasteiger partial charge in [-0.25, -0.2) is 0 Å². The minimum atomic E-state index is -2.67. The molecule has 2 aromatic carbocycles. The van der Waals surface area contributed by atoms with Crippen LogP contribution in [0.1, 0.15) is 17.5 Å². The van der Waals surface area contributed by atoms with Gasteiger partial charge in [0.2, 0.25) is 5.78 Å². The van der Waals surface area contributed by atoms with Crippen LogP contribution in [-0.4, -0.2) is 82.6 Å². The molecule has 1 saturated carbocycles. The van der Waals surface area contributed by atoms with Crippen molar-refractivity contribution in [1.29, 1.82) is 0 Å². The molecular weight excluding hydrogens is 502 g/mol. The van der Waals surface area contributed by atoms with Crippen LogP contribution in [0.15, 0.2) is 53.3 Å². The van der Waals surface area contributed by atoms with Crippen molar-refractivity contribution in [3.05, 3.63) is 64.4 Å². The number of phenolic OH excluding ortho intramolecular Hbond substituents is 1. The third kappa shape index (κ3) is 3.59. The first-order valence-electron chi connectivity index (χ1n) is 12.6. The lowest BCUT2D eigenvalue weighted by atomic mass is 9.57. The molecule has 0 spiro atoms. The fourth-order valence-corrected chi connectivity index (χ4v) is 6.53. The number of primary amides is 1. The van der Waals surface area contributed by atoms with Crippen molar-refractivity contribution in [2.24, 2.45) is 17.6 Å². The molecule has 1 amide bonds. The lowest BCUT2D eigenvalue weighted by Gasteiger charge is -2.50. The first-order chi connectivity index (χ1) is 18.3. The number of ketones is 2. The number of Topliss-reactive ketones (excluding diaryl/α,β-unsaturated/α-hetero) is 2. The van der Waals surface area contributed by atoms with E-state index >= 15 is 0 Å². The predicted molar refractivity (Wildman–Crippen MR) is 144 cm³/mol. The smallest absolute Gasteiger partial charge is 0.255 e. The van der Waals surface area contributed by atoms with Crippen LogP contribution in [-0.2, 0) is 20.8 Å². The van der Waals surface area contributed by atoms with Crippen molar-refractivity contribution in [2.75, 3.05) is 33.1 Å². The van der Waals surface area contributed by atoms with Crippen molar-refractivity contribution in [3.8, 4) is 16.9 Å². The van der Waals surface area contributed by atoms with Crippen LogP contribution in [0, 0.1) is 11.8 Å². The van der Waals surface area contributed by atoms with E-state index in [1.807, 2.05) is 55.4 Å². The minimum absolute atomic E-state index is 0.0415. The number of anilines is 1. The lowest BCUT2D eigenvalue weighted by molar-refractivity contribution is -0.153. The molecule has 5 rings (SSSR count). The van der Waals surface area contributed by atoms with Gasteiger partial charge in [-0.05, 0) is 50.0 Å². The molecule has 0 saturated heterocycles. The van der Waals surface area contributed by atoms with Gasteiger partial charge in [0.05, 0.1) is 11.6 Å². The zero-order valence-corrected chi connectivity index (χ0v) is 22.1. The SMILES string of the molecule is CN(C)c1cc(-c2ccccc2)c(O)c2c1C[C@H]1C[C@H]3[C@@H](N(C)C)C(=O)C(C(N)=O)=C(O)[C@@]3(O)C(=O)C1=C2O. The summed E-state index contributed by atoms with van der Waals surface area (Å²) in [6.07, 6.45) is 0.268. The van der Waals surface area contributed by atoms with E-state index in [4.69, 9.17) is 5.73 Å². The number of nitrogens with two attached hydrogens (primary N) is 1. The Morgan fingerprint density at radius 2 is 1.69 bits per heavy atom. The van der Waals surface area contributed by atoms with Crippen molar-refractivity contribution in [2.45, 2.75) is 24.5 Å². The lowest BCUT2D eigenvalue weighted by Crippen LogP contribution is -2.65. The van der Waals surface area contributed by atoms with Gasteiger partial charge in [-0.1, -0.05) is 30.3 Å². The Hall–Kier alpha value is -4.15. The first-order valence-corrected chi connectivity index (χ1v) is 12.6. The van der Waals surface area contributed by atoms with Gasteiger partial charge in [0.1, 0.15) is 22.8 Å².